The van der Waals surface area contributed by atoms with Crippen LogP contribution in [0.3, 0.4) is 0 Å². The SMILES string of the molecule is CCC1(O)C(C)OC(OC2C(C)C(=O)OC(C(C)(O)CO)C(C)NCC(C)CC(C)(O)C(OC3OC(C)CC(NC)C3C=O)C2C)CC1(C)OC. The van der Waals surface area contributed by atoms with Crippen molar-refractivity contribution in [2.45, 2.75) is 173 Å². The summed E-state index contributed by atoms with van der Waals surface area (Å²) in [5, 5.41) is 51.8. The molecule has 51 heavy (non-hydrogen) atoms. The van der Waals surface area contributed by atoms with Crippen LogP contribution in [0.5, 0.6) is 0 Å². The van der Waals surface area contributed by atoms with Crippen LogP contribution in [0.1, 0.15) is 94.9 Å². The first-order valence-corrected chi connectivity index (χ1v) is 18.7. The van der Waals surface area contributed by atoms with Gasteiger partial charge in [0.05, 0.1) is 48.5 Å². The van der Waals surface area contributed by atoms with Gasteiger partial charge in [-0.25, -0.2) is 0 Å². The van der Waals surface area contributed by atoms with E-state index in [-0.39, 0.29) is 30.9 Å². The molecule has 3 heterocycles. The summed E-state index contributed by atoms with van der Waals surface area (Å²) < 4.78 is 37.9. The first kappa shape index (κ1) is 44.1. The molecule has 0 spiro atoms. The molecule has 0 aromatic carbocycles. The predicted octanol–water partition coefficient (Wildman–Crippen LogP) is 1.67. The maximum Gasteiger partial charge on any atom is 0.311 e. The zero-order valence-corrected chi connectivity index (χ0v) is 32.9. The van der Waals surface area contributed by atoms with Gasteiger partial charge < -0.3 is 64.3 Å². The normalized spacial score (nSPS) is 47.6. The number of cyclic esters (lactones) is 1. The minimum absolute atomic E-state index is 0.116. The summed E-state index contributed by atoms with van der Waals surface area (Å²) in [6, 6.07) is -0.810. The molecule has 3 rings (SSSR count). The highest BCUT2D eigenvalue weighted by atomic mass is 16.7. The second kappa shape index (κ2) is 17.4. The van der Waals surface area contributed by atoms with Crippen LogP contribution in [-0.2, 0) is 38.0 Å². The molecule has 0 aromatic heterocycles. The molecule has 0 amide bonds. The third-order valence-electron chi connectivity index (χ3n) is 12.0. The zero-order chi connectivity index (χ0) is 38.7. The molecule has 17 unspecified atom stereocenters. The van der Waals surface area contributed by atoms with Gasteiger partial charge in [0.2, 0.25) is 0 Å². The van der Waals surface area contributed by atoms with Crippen molar-refractivity contribution in [3.63, 3.8) is 0 Å². The molecule has 0 aromatic rings. The number of carbonyl (C=O) groups excluding carboxylic acids is 2. The Hall–Kier alpha value is -1.30. The van der Waals surface area contributed by atoms with Gasteiger partial charge in [-0.05, 0) is 87.2 Å². The van der Waals surface area contributed by atoms with E-state index in [0.717, 1.165) is 6.29 Å². The average Bonchev–Trinajstić information content (AvgIpc) is 3.07. The third kappa shape index (κ3) is 9.51. The Morgan fingerprint density at radius 3 is 2.27 bits per heavy atom. The monoisotopic (exact) mass is 732 g/mol. The maximum absolute atomic E-state index is 14.2. The lowest BCUT2D eigenvalue weighted by molar-refractivity contribution is -0.336. The number of methoxy groups -OCH3 is 1. The van der Waals surface area contributed by atoms with E-state index in [2.05, 4.69) is 10.6 Å². The van der Waals surface area contributed by atoms with E-state index in [1.165, 1.54) is 14.0 Å². The van der Waals surface area contributed by atoms with Gasteiger partial charge in [-0.2, -0.15) is 0 Å². The molecule has 3 aliphatic heterocycles. The zero-order valence-electron chi connectivity index (χ0n) is 32.9. The summed E-state index contributed by atoms with van der Waals surface area (Å²) >= 11 is 0. The standard InChI is InChI=1S/C37H68N2O12/c1-13-37(45)25(7)48-28(16-36(37,10)46-12)49-29-22(4)30(51-33-26(18-40)27(38-11)14-21(3)47-33)34(8,43)15-20(2)17-39-24(6)31(35(9,44)19-41)50-32(42)23(29)5/h18,20-31,33,38-39,41,43-45H,13-17,19H2,1-12H3. The van der Waals surface area contributed by atoms with Crippen molar-refractivity contribution in [2.75, 3.05) is 27.3 Å². The van der Waals surface area contributed by atoms with Gasteiger partial charge in [-0.15, -0.1) is 0 Å². The molecule has 3 fully saturated rings. The first-order valence-electron chi connectivity index (χ1n) is 18.7. The summed E-state index contributed by atoms with van der Waals surface area (Å²) in [7, 11) is 3.30. The van der Waals surface area contributed by atoms with Crippen molar-refractivity contribution in [2.24, 2.45) is 23.7 Å². The quantitative estimate of drug-likeness (QED) is 0.140. The lowest BCUT2D eigenvalue weighted by Gasteiger charge is -2.53. The van der Waals surface area contributed by atoms with Gasteiger partial charge >= 0.3 is 5.97 Å². The van der Waals surface area contributed by atoms with Crippen LogP contribution >= 0.6 is 0 Å². The number of ether oxygens (including phenoxy) is 6. The van der Waals surface area contributed by atoms with Crippen LogP contribution in [0.4, 0.5) is 0 Å². The van der Waals surface area contributed by atoms with E-state index >= 15 is 0 Å². The van der Waals surface area contributed by atoms with Crippen LogP contribution in [0.2, 0.25) is 0 Å². The van der Waals surface area contributed by atoms with Crippen LogP contribution in [0.15, 0.2) is 0 Å². The molecule has 3 aliphatic rings. The number of rotatable bonds is 10. The Balaban J connectivity index is 2.16. The second-order valence-corrected chi connectivity index (χ2v) is 16.3. The first-order chi connectivity index (χ1) is 23.6. The summed E-state index contributed by atoms with van der Waals surface area (Å²) in [5.41, 5.74) is -5.72. The van der Waals surface area contributed by atoms with Crippen molar-refractivity contribution < 1.29 is 58.4 Å². The second-order valence-electron chi connectivity index (χ2n) is 16.3. The minimum atomic E-state index is -1.78. The predicted molar refractivity (Wildman–Crippen MR) is 188 cm³/mol. The number of aliphatic hydroxyl groups excluding tert-OH is 1. The third-order valence-corrected chi connectivity index (χ3v) is 12.0. The molecule has 0 bridgehead atoms. The van der Waals surface area contributed by atoms with Crippen LogP contribution in [-0.4, -0.2) is 138 Å². The van der Waals surface area contributed by atoms with E-state index in [4.69, 9.17) is 28.4 Å². The Labute approximate surface area is 304 Å². The fourth-order valence-electron chi connectivity index (χ4n) is 8.62. The van der Waals surface area contributed by atoms with Gasteiger partial charge in [0.25, 0.3) is 0 Å². The van der Waals surface area contributed by atoms with E-state index in [9.17, 15) is 30.0 Å². The van der Waals surface area contributed by atoms with Crippen molar-refractivity contribution in [1.29, 1.82) is 0 Å². The molecule has 0 aliphatic carbocycles. The lowest BCUT2D eigenvalue weighted by atomic mass is 9.74. The van der Waals surface area contributed by atoms with Gasteiger partial charge in [0.1, 0.15) is 29.2 Å². The molecule has 298 valence electrons. The smallest absolute Gasteiger partial charge is 0.311 e. The van der Waals surface area contributed by atoms with Crippen LogP contribution < -0.4 is 10.6 Å². The summed E-state index contributed by atoms with van der Waals surface area (Å²) in [4.78, 5) is 26.6. The largest absolute Gasteiger partial charge is 0.457 e. The van der Waals surface area contributed by atoms with Crippen molar-refractivity contribution in [3.8, 4) is 0 Å². The van der Waals surface area contributed by atoms with E-state index in [0.29, 0.717) is 19.4 Å². The number of carbonyl (C=O) groups is 2. The number of nitrogens with one attached hydrogen (secondary N) is 2. The molecule has 14 heteroatoms. The van der Waals surface area contributed by atoms with Gasteiger partial charge in [0.15, 0.2) is 12.6 Å². The van der Waals surface area contributed by atoms with Gasteiger partial charge in [-0.3, -0.25) is 4.79 Å². The Kier molecular flexibility index (Phi) is 15.1. The number of esters is 1. The van der Waals surface area contributed by atoms with E-state index in [1.807, 2.05) is 27.7 Å². The Bertz CT molecular complexity index is 1140. The molecule has 0 radical (unpaired) electrons. The van der Waals surface area contributed by atoms with Gasteiger partial charge in [0, 0.05) is 31.5 Å². The number of aldehydes is 1. The van der Waals surface area contributed by atoms with E-state index < -0.39 is 95.8 Å². The maximum atomic E-state index is 14.2. The minimum Gasteiger partial charge on any atom is -0.457 e. The summed E-state index contributed by atoms with van der Waals surface area (Å²) in [6.07, 6.45) is -4.03. The highest BCUT2D eigenvalue weighted by Gasteiger charge is 2.57. The number of hydrogen-bond acceptors (Lipinski definition) is 14. The number of aliphatic hydroxyl groups is 4. The highest BCUT2D eigenvalue weighted by molar-refractivity contribution is 5.73. The molecular formula is C37H68N2O12. The van der Waals surface area contributed by atoms with E-state index in [1.54, 1.807) is 41.7 Å². The Morgan fingerprint density at radius 1 is 1.08 bits per heavy atom. The molecule has 3 saturated heterocycles. The summed E-state index contributed by atoms with van der Waals surface area (Å²) in [5.74, 6) is -3.32. The number of hydrogen-bond donors (Lipinski definition) is 6. The molecule has 17 atom stereocenters. The topological polar surface area (TPSA) is 194 Å². The molecule has 0 saturated carbocycles. The Morgan fingerprint density at radius 2 is 1.73 bits per heavy atom. The summed E-state index contributed by atoms with van der Waals surface area (Å²) in [6.45, 7) is 17.3. The van der Waals surface area contributed by atoms with Crippen LogP contribution in [0.25, 0.3) is 0 Å². The molecular weight excluding hydrogens is 664 g/mol. The van der Waals surface area contributed by atoms with Crippen molar-refractivity contribution >= 4 is 12.3 Å². The van der Waals surface area contributed by atoms with Crippen LogP contribution in [0, 0.1) is 23.7 Å². The molecule has 14 nitrogen and oxygen atoms in total. The highest BCUT2D eigenvalue weighted by Crippen LogP contribution is 2.44. The van der Waals surface area contributed by atoms with Gasteiger partial charge in [-0.1, -0.05) is 20.8 Å². The van der Waals surface area contributed by atoms with Crippen molar-refractivity contribution in [1.82, 2.24) is 10.6 Å². The fourth-order valence-corrected chi connectivity index (χ4v) is 8.62. The van der Waals surface area contributed by atoms with Crippen molar-refractivity contribution in [3.05, 3.63) is 0 Å². The average molecular weight is 733 g/mol. The molecule has 6 N–H and O–H groups in total. The lowest BCUT2D eigenvalue weighted by Crippen LogP contribution is -2.66. The fraction of sp³-hybridized carbons (Fsp3) is 0.946.